The number of hydrogen-bond acceptors (Lipinski definition) is 3. The van der Waals surface area contributed by atoms with Crippen molar-refractivity contribution in [2.75, 3.05) is 13.1 Å². The summed E-state index contributed by atoms with van der Waals surface area (Å²) >= 11 is 0. The van der Waals surface area contributed by atoms with Crippen LogP contribution < -0.4 is 5.32 Å². The zero-order chi connectivity index (χ0) is 18.1. The number of nitrogens with one attached hydrogen (secondary N) is 1. The van der Waals surface area contributed by atoms with E-state index in [0.29, 0.717) is 24.9 Å². The van der Waals surface area contributed by atoms with Gasteiger partial charge in [0.05, 0.1) is 6.54 Å². The summed E-state index contributed by atoms with van der Waals surface area (Å²) in [5.41, 5.74) is 0.690. The van der Waals surface area contributed by atoms with Gasteiger partial charge in [0.15, 0.2) is 5.78 Å². The zero-order valence-electron chi connectivity index (χ0n) is 15.0. The molecule has 5 heteroatoms. The highest BCUT2D eigenvalue weighted by atomic mass is 16.2. The number of hydrogen-bond donors (Lipinski definition) is 1. The van der Waals surface area contributed by atoms with E-state index in [9.17, 15) is 14.4 Å². The number of benzene rings is 1. The molecular weight excluding hydrogens is 316 g/mol. The smallest absolute Gasteiger partial charge is 0.242 e. The fraction of sp³-hybridized carbons (Fsp3) is 0.550. The van der Waals surface area contributed by atoms with E-state index >= 15 is 0 Å². The summed E-state index contributed by atoms with van der Waals surface area (Å²) in [6.07, 6.45) is 5.43. The van der Waals surface area contributed by atoms with Crippen molar-refractivity contribution in [3.05, 3.63) is 35.9 Å². The molecule has 1 aliphatic heterocycles. The Labute approximate surface area is 149 Å². The number of Topliss-reactive ketones (excluding diaryl/α,β-unsaturated/α-hetero) is 1. The van der Waals surface area contributed by atoms with E-state index < -0.39 is 0 Å². The Morgan fingerprint density at radius 2 is 1.88 bits per heavy atom. The summed E-state index contributed by atoms with van der Waals surface area (Å²) in [5.74, 6) is -0.111. The van der Waals surface area contributed by atoms with Crippen molar-refractivity contribution in [3.8, 4) is 0 Å². The minimum atomic E-state index is -0.0948. The number of amides is 2. The fourth-order valence-electron chi connectivity index (χ4n) is 3.26. The second kappa shape index (κ2) is 9.97. The van der Waals surface area contributed by atoms with Crippen LogP contribution in [0.1, 0.15) is 62.2 Å². The average Bonchev–Trinajstić information content (AvgIpc) is 2.86. The highest BCUT2D eigenvalue weighted by molar-refractivity contribution is 5.96. The van der Waals surface area contributed by atoms with Crippen LogP contribution in [0.25, 0.3) is 0 Å². The first-order valence-electron chi connectivity index (χ1n) is 9.26. The molecule has 0 spiro atoms. The molecule has 0 aromatic heterocycles. The fourth-order valence-corrected chi connectivity index (χ4v) is 3.26. The van der Waals surface area contributed by atoms with Crippen molar-refractivity contribution in [1.82, 2.24) is 10.2 Å². The topological polar surface area (TPSA) is 66.5 Å². The van der Waals surface area contributed by atoms with Crippen LogP contribution in [-0.2, 0) is 9.59 Å². The third-order valence-corrected chi connectivity index (χ3v) is 4.63. The van der Waals surface area contributed by atoms with Crippen molar-refractivity contribution in [2.24, 2.45) is 0 Å². The molecule has 1 aliphatic rings. The first-order chi connectivity index (χ1) is 12.1. The molecule has 2 rings (SSSR count). The van der Waals surface area contributed by atoms with Crippen molar-refractivity contribution in [2.45, 2.75) is 57.9 Å². The van der Waals surface area contributed by atoms with Crippen LogP contribution in [-0.4, -0.2) is 41.6 Å². The molecule has 1 fully saturated rings. The Balaban J connectivity index is 1.99. The maximum atomic E-state index is 12.6. The van der Waals surface area contributed by atoms with E-state index in [2.05, 4.69) is 5.32 Å². The lowest BCUT2D eigenvalue weighted by atomic mass is 9.99. The second-order valence-corrected chi connectivity index (χ2v) is 6.61. The van der Waals surface area contributed by atoms with Gasteiger partial charge in [-0.2, -0.15) is 0 Å². The molecule has 1 aromatic rings. The van der Waals surface area contributed by atoms with Gasteiger partial charge in [-0.3, -0.25) is 14.4 Å². The number of nitrogens with zero attached hydrogens (tertiary/aromatic N) is 1. The molecule has 1 unspecified atom stereocenters. The largest absolute Gasteiger partial charge is 0.347 e. The minimum absolute atomic E-state index is 0.0227. The number of rotatable bonds is 7. The molecule has 1 heterocycles. The lowest BCUT2D eigenvalue weighted by molar-refractivity contribution is -0.134. The third kappa shape index (κ3) is 6.00. The number of carbonyl (C=O) groups excluding carboxylic acids is 3. The Bertz CT molecular complexity index is 586. The predicted octanol–water partition coefficient (Wildman–Crippen LogP) is 2.95. The molecule has 136 valence electrons. The van der Waals surface area contributed by atoms with E-state index in [-0.39, 0.29) is 30.2 Å². The number of likely N-dealkylation sites (tertiary alicyclic amines) is 1. The molecule has 2 amide bonds. The average molecular weight is 344 g/mol. The van der Waals surface area contributed by atoms with Gasteiger partial charge < -0.3 is 10.2 Å². The van der Waals surface area contributed by atoms with Crippen LogP contribution >= 0.6 is 0 Å². The summed E-state index contributed by atoms with van der Waals surface area (Å²) in [5, 5.41) is 2.69. The van der Waals surface area contributed by atoms with E-state index in [1.807, 2.05) is 37.3 Å². The van der Waals surface area contributed by atoms with E-state index in [4.69, 9.17) is 0 Å². The lowest BCUT2D eigenvalue weighted by Crippen LogP contribution is -2.46. The number of ketones is 1. The molecule has 1 saturated heterocycles. The van der Waals surface area contributed by atoms with Crippen LogP contribution in [0.4, 0.5) is 0 Å². The van der Waals surface area contributed by atoms with Gasteiger partial charge in [0.1, 0.15) is 0 Å². The maximum Gasteiger partial charge on any atom is 0.242 e. The van der Waals surface area contributed by atoms with E-state index in [1.165, 1.54) is 0 Å². The van der Waals surface area contributed by atoms with Crippen LogP contribution in [0.2, 0.25) is 0 Å². The molecule has 1 atom stereocenters. The highest BCUT2D eigenvalue weighted by Gasteiger charge is 2.27. The number of carbonyl (C=O) groups is 3. The van der Waals surface area contributed by atoms with Crippen molar-refractivity contribution in [3.63, 3.8) is 0 Å². The van der Waals surface area contributed by atoms with Crippen molar-refractivity contribution < 1.29 is 14.4 Å². The van der Waals surface area contributed by atoms with Gasteiger partial charge in [-0.15, -0.1) is 0 Å². The molecule has 1 N–H and O–H groups in total. The Morgan fingerprint density at radius 1 is 1.12 bits per heavy atom. The van der Waals surface area contributed by atoms with Crippen LogP contribution in [0.15, 0.2) is 30.3 Å². The molecule has 5 nitrogen and oxygen atoms in total. The van der Waals surface area contributed by atoms with Crippen LogP contribution in [0.3, 0.4) is 0 Å². The quantitative estimate of drug-likeness (QED) is 0.773. The third-order valence-electron chi connectivity index (χ3n) is 4.63. The highest BCUT2D eigenvalue weighted by Crippen LogP contribution is 2.21. The van der Waals surface area contributed by atoms with Crippen LogP contribution in [0.5, 0.6) is 0 Å². The van der Waals surface area contributed by atoms with E-state index in [0.717, 1.165) is 32.1 Å². The molecule has 0 saturated carbocycles. The Morgan fingerprint density at radius 3 is 2.60 bits per heavy atom. The molecule has 25 heavy (non-hydrogen) atoms. The second-order valence-electron chi connectivity index (χ2n) is 6.61. The molecule has 0 radical (unpaired) electrons. The minimum Gasteiger partial charge on any atom is -0.347 e. The zero-order valence-corrected chi connectivity index (χ0v) is 15.0. The summed E-state index contributed by atoms with van der Waals surface area (Å²) in [7, 11) is 0. The van der Waals surface area contributed by atoms with Crippen molar-refractivity contribution in [1.29, 1.82) is 0 Å². The summed E-state index contributed by atoms with van der Waals surface area (Å²) in [4.78, 5) is 38.5. The van der Waals surface area contributed by atoms with Gasteiger partial charge in [0.2, 0.25) is 11.8 Å². The van der Waals surface area contributed by atoms with Gasteiger partial charge in [-0.1, -0.05) is 50.1 Å². The van der Waals surface area contributed by atoms with Gasteiger partial charge in [0.25, 0.3) is 0 Å². The summed E-state index contributed by atoms with van der Waals surface area (Å²) in [6, 6.07) is 9.15. The SMILES string of the molecule is CCCC(=O)NCC(=O)N1CCCCCC1CC(=O)c1ccccc1. The van der Waals surface area contributed by atoms with Gasteiger partial charge in [-0.25, -0.2) is 0 Å². The Hall–Kier alpha value is -2.17. The first kappa shape index (κ1) is 19.2. The predicted molar refractivity (Wildman–Crippen MR) is 97.3 cm³/mol. The van der Waals surface area contributed by atoms with Gasteiger partial charge in [0, 0.05) is 31.0 Å². The first-order valence-corrected chi connectivity index (χ1v) is 9.26. The van der Waals surface area contributed by atoms with Gasteiger partial charge >= 0.3 is 0 Å². The monoisotopic (exact) mass is 344 g/mol. The van der Waals surface area contributed by atoms with Crippen LogP contribution in [0, 0.1) is 0 Å². The normalized spacial score (nSPS) is 17.6. The molecule has 0 aliphatic carbocycles. The standard InChI is InChI=1S/C20H28N2O3/c1-2-9-19(24)21-15-20(25)22-13-8-4-7-12-17(22)14-18(23)16-10-5-3-6-11-16/h3,5-6,10-11,17H,2,4,7-9,12-15H2,1H3,(H,21,24). The molecule has 1 aromatic carbocycles. The Kier molecular flexibility index (Phi) is 7.64. The summed E-state index contributed by atoms with van der Waals surface area (Å²) in [6.45, 7) is 2.62. The molecular formula is C20H28N2O3. The van der Waals surface area contributed by atoms with Crippen molar-refractivity contribution >= 4 is 17.6 Å². The summed E-state index contributed by atoms with van der Waals surface area (Å²) < 4.78 is 0. The van der Waals surface area contributed by atoms with E-state index in [1.54, 1.807) is 4.90 Å². The lowest BCUT2D eigenvalue weighted by Gasteiger charge is -2.30. The molecule has 0 bridgehead atoms. The maximum absolute atomic E-state index is 12.6. The van der Waals surface area contributed by atoms with Gasteiger partial charge in [-0.05, 0) is 19.3 Å².